The fourth-order valence-corrected chi connectivity index (χ4v) is 4.02. The van der Waals surface area contributed by atoms with E-state index in [9.17, 15) is 9.59 Å². The number of carbonyl (C=O) groups excluding carboxylic acids is 2. The molecule has 1 aliphatic carbocycles. The van der Waals surface area contributed by atoms with Gasteiger partial charge in [-0.05, 0) is 12.8 Å². The fraction of sp³-hybridized carbons (Fsp3) is 0.556. The summed E-state index contributed by atoms with van der Waals surface area (Å²) in [4.78, 5) is 26.8. The Balaban J connectivity index is 1.56. The van der Waals surface area contributed by atoms with Crippen molar-refractivity contribution in [3.8, 4) is 0 Å². The maximum Gasteiger partial charge on any atom is 0.273 e. The number of fused-ring (bicyclic) bond motifs is 1. The first-order valence-corrected chi connectivity index (χ1v) is 9.21. The molecule has 8 nitrogen and oxygen atoms in total. The fourth-order valence-electron chi connectivity index (χ4n) is 4.02. The second-order valence-electron chi connectivity index (χ2n) is 7.02. The number of aromatic amines is 1. The summed E-state index contributed by atoms with van der Waals surface area (Å²) in [5.41, 5.74) is 2.57. The Morgan fingerprint density at radius 2 is 2.12 bits per heavy atom. The van der Waals surface area contributed by atoms with E-state index in [2.05, 4.69) is 20.7 Å². The van der Waals surface area contributed by atoms with Crippen LogP contribution in [0.25, 0.3) is 0 Å². The molecule has 3 heterocycles. The molecule has 138 valence electrons. The molecule has 0 aromatic carbocycles. The molecular weight excluding hydrogens is 334 g/mol. The Hall–Kier alpha value is -2.64. The molecule has 8 heteroatoms. The topological polar surface area (TPSA) is 104 Å². The molecule has 1 fully saturated rings. The number of hydrogen-bond acceptors (Lipinski definition) is 5. The number of nitrogens with one attached hydrogen (secondary N) is 2. The van der Waals surface area contributed by atoms with E-state index in [0.29, 0.717) is 42.3 Å². The van der Waals surface area contributed by atoms with Crippen molar-refractivity contribution in [3.63, 3.8) is 0 Å². The highest BCUT2D eigenvalue weighted by Gasteiger charge is 2.32. The third kappa shape index (κ3) is 2.89. The van der Waals surface area contributed by atoms with Crippen molar-refractivity contribution in [2.24, 2.45) is 0 Å². The summed E-state index contributed by atoms with van der Waals surface area (Å²) in [6, 6.07) is 0. The second kappa shape index (κ2) is 6.93. The molecule has 0 radical (unpaired) electrons. The number of aromatic nitrogens is 3. The van der Waals surface area contributed by atoms with Gasteiger partial charge in [0, 0.05) is 31.5 Å². The zero-order valence-electron chi connectivity index (χ0n) is 14.9. The van der Waals surface area contributed by atoms with Gasteiger partial charge in [0.2, 0.25) is 0 Å². The van der Waals surface area contributed by atoms with Gasteiger partial charge >= 0.3 is 0 Å². The molecule has 0 unspecified atom stereocenters. The van der Waals surface area contributed by atoms with Crippen molar-refractivity contribution in [2.45, 2.75) is 51.0 Å². The van der Waals surface area contributed by atoms with Gasteiger partial charge in [-0.1, -0.05) is 24.4 Å². The van der Waals surface area contributed by atoms with E-state index in [1.54, 1.807) is 18.1 Å². The summed E-state index contributed by atoms with van der Waals surface area (Å²) >= 11 is 0. The average molecular weight is 357 g/mol. The Morgan fingerprint density at radius 3 is 2.88 bits per heavy atom. The summed E-state index contributed by atoms with van der Waals surface area (Å²) in [5, 5.41) is 13.6. The molecule has 1 saturated carbocycles. The van der Waals surface area contributed by atoms with Crippen LogP contribution >= 0.6 is 0 Å². The van der Waals surface area contributed by atoms with Gasteiger partial charge < -0.3 is 14.7 Å². The minimum Gasteiger partial charge on any atom is -0.360 e. The van der Waals surface area contributed by atoms with Crippen molar-refractivity contribution >= 4 is 11.8 Å². The molecule has 2 aliphatic rings. The van der Waals surface area contributed by atoms with Crippen LogP contribution in [0.5, 0.6) is 0 Å². The van der Waals surface area contributed by atoms with E-state index < -0.39 is 0 Å². The van der Waals surface area contributed by atoms with Gasteiger partial charge in [0.1, 0.15) is 5.76 Å². The zero-order valence-corrected chi connectivity index (χ0v) is 14.9. The van der Waals surface area contributed by atoms with Crippen molar-refractivity contribution in [3.05, 3.63) is 34.5 Å². The van der Waals surface area contributed by atoms with E-state index in [-0.39, 0.29) is 17.5 Å². The van der Waals surface area contributed by atoms with Gasteiger partial charge in [-0.2, -0.15) is 5.10 Å². The predicted octanol–water partition coefficient (Wildman–Crippen LogP) is 2.00. The summed E-state index contributed by atoms with van der Waals surface area (Å²) in [6.45, 7) is 0.874. The lowest BCUT2D eigenvalue weighted by Gasteiger charge is -2.27. The Kier molecular flexibility index (Phi) is 4.48. The standard InChI is InChI=1S/C18H23N5O3/c1-19-17(24)16-13-10-23(8-7-14(13)26-22-16)18(25)12-9-20-21-15(12)11-5-3-2-4-6-11/h9,11H,2-8,10H2,1H3,(H,19,24)(H,20,21). The average Bonchev–Trinajstić information content (AvgIpc) is 3.34. The number of amides is 2. The predicted molar refractivity (Wildman–Crippen MR) is 92.8 cm³/mol. The van der Waals surface area contributed by atoms with Gasteiger partial charge in [0.15, 0.2) is 5.69 Å². The minimum absolute atomic E-state index is 0.0472. The molecule has 2 amide bonds. The normalized spacial score (nSPS) is 17.8. The monoisotopic (exact) mass is 357 g/mol. The van der Waals surface area contributed by atoms with E-state index in [1.165, 1.54) is 19.3 Å². The van der Waals surface area contributed by atoms with E-state index in [1.807, 2.05) is 0 Å². The van der Waals surface area contributed by atoms with Crippen molar-refractivity contribution in [2.75, 3.05) is 13.6 Å². The molecule has 2 N–H and O–H groups in total. The van der Waals surface area contributed by atoms with Gasteiger partial charge in [0.25, 0.3) is 11.8 Å². The number of rotatable bonds is 3. The molecular formula is C18H23N5O3. The second-order valence-corrected chi connectivity index (χ2v) is 7.02. The highest BCUT2D eigenvalue weighted by molar-refractivity contribution is 5.96. The van der Waals surface area contributed by atoms with E-state index in [4.69, 9.17) is 4.52 Å². The molecule has 0 spiro atoms. The molecule has 26 heavy (non-hydrogen) atoms. The SMILES string of the molecule is CNC(=O)c1noc2c1CN(C(=O)c1cn[nH]c1C1CCCCC1)CC2. The number of nitrogens with zero attached hydrogens (tertiary/aromatic N) is 3. The lowest BCUT2D eigenvalue weighted by atomic mass is 9.85. The lowest BCUT2D eigenvalue weighted by Crippen LogP contribution is -2.37. The molecule has 0 bridgehead atoms. The lowest BCUT2D eigenvalue weighted by molar-refractivity contribution is 0.0725. The van der Waals surface area contributed by atoms with Gasteiger partial charge in [-0.3, -0.25) is 14.7 Å². The van der Waals surface area contributed by atoms with Crippen molar-refractivity contribution < 1.29 is 14.1 Å². The summed E-state index contributed by atoms with van der Waals surface area (Å²) in [7, 11) is 1.55. The minimum atomic E-state index is -0.296. The smallest absolute Gasteiger partial charge is 0.273 e. The molecule has 1 aliphatic heterocycles. The van der Waals surface area contributed by atoms with Crippen molar-refractivity contribution in [1.82, 2.24) is 25.6 Å². The molecule has 4 rings (SSSR count). The third-order valence-corrected chi connectivity index (χ3v) is 5.47. The van der Waals surface area contributed by atoms with Crippen LogP contribution in [0.1, 0.15) is 75.9 Å². The number of hydrogen-bond donors (Lipinski definition) is 2. The van der Waals surface area contributed by atoms with Crippen LogP contribution in [-0.4, -0.2) is 45.7 Å². The Labute approximate surface area is 151 Å². The third-order valence-electron chi connectivity index (χ3n) is 5.47. The van der Waals surface area contributed by atoms with Gasteiger partial charge in [-0.25, -0.2) is 0 Å². The van der Waals surface area contributed by atoms with E-state index in [0.717, 1.165) is 18.5 Å². The highest BCUT2D eigenvalue weighted by atomic mass is 16.5. The van der Waals surface area contributed by atoms with Crippen LogP contribution in [0, 0.1) is 0 Å². The quantitative estimate of drug-likeness (QED) is 0.874. The highest BCUT2D eigenvalue weighted by Crippen LogP contribution is 2.34. The first-order chi connectivity index (χ1) is 12.7. The molecule has 2 aromatic rings. The number of H-pyrrole nitrogens is 1. The van der Waals surface area contributed by atoms with Crippen LogP contribution in [0.2, 0.25) is 0 Å². The van der Waals surface area contributed by atoms with Gasteiger partial charge in [0.05, 0.1) is 24.0 Å². The maximum atomic E-state index is 13.1. The summed E-state index contributed by atoms with van der Waals surface area (Å²) < 4.78 is 5.28. The number of carbonyl (C=O) groups is 2. The zero-order chi connectivity index (χ0) is 18.1. The first-order valence-electron chi connectivity index (χ1n) is 9.21. The molecule has 0 saturated heterocycles. The van der Waals surface area contributed by atoms with Crippen LogP contribution in [0.4, 0.5) is 0 Å². The van der Waals surface area contributed by atoms with Crippen LogP contribution in [0.3, 0.4) is 0 Å². The van der Waals surface area contributed by atoms with Crippen LogP contribution in [0.15, 0.2) is 10.7 Å². The van der Waals surface area contributed by atoms with Crippen LogP contribution < -0.4 is 5.32 Å². The first kappa shape index (κ1) is 16.8. The van der Waals surface area contributed by atoms with Crippen LogP contribution in [-0.2, 0) is 13.0 Å². The molecule has 0 atom stereocenters. The Morgan fingerprint density at radius 1 is 1.31 bits per heavy atom. The Bertz CT molecular complexity index is 819. The van der Waals surface area contributed by atoms with Crippen molar-refractivity contribution in [1.29, 1.82) is 0 Å². The summed E-state index contributed by atoms with van der Waals surface area (Å²) in [5.74, 6) is 0.722. The van der Waals surface area contributed by atoms with Gasteiger partial charge in [-0.15, -0.1) is 0 Å². The summed E-state index contributed by atoms with van der Waals surface area (Å²) in [6.07, 6.45) is 8.04. The largest absolute Gasteiger partial charge is 0.360 e. The molecule has 2 aromatic heterocycles. The van der Waals surface area contributed by atoms with E-state index >= 15 is 0 Å². The maximum absolute atomic E-state index is 13.1.